The molecule has 0 bridgehead atoms. The van der Waals surface area contributed by atoms with Gasteiger partial charge in [-0.1, -0.05) is 32.0 Å². The van der Waals surface area contributed by atoms with E-state index in [1.807, 2.05) is 0 Å². The molecular formula is C11H12N4O4S. The quantitative estimate of drug-likeness (QED) is 0.621. The normalized spacial score (nSPS) is 11.8. The Morgan fingerprint density at radius 2 is 1.85 bits per heavy atom. The molecule has 0 spiro atoms. The van der Waals surface area contributed by atoms with Crippen LogP contribution < -0.4 is 0 Å². The molecule has 0 saturated heterocycles. The van der Waals surface area contributed by atoms with Crippen LogP contribution in [0, 0.1) is 10.1 Å². The zero-order valence-electron chi connectivity index (χ0n) is 10.8. The number of rotatable bonds is 4. The molecule has 1 aromatic carbocycles. The van der Waals surface area contributed by atoms with Gasteiger partial charge in [-0.25, -0.2) is 8.42 Å². The number of benzene rings is 1. The number of nitro groups is 1. The molecule has 0 radical (unpaired) electrons. The van der Waals surface area contributed by atoms with E-state index < -0.39 is 19.9 Å². The van der Waals surface area contributed by atoms with Gasteiger partial charge < -0.3 is 10.1 Å². The highest BCUT2D eigenvalue weighted by atomic mass is 32.2. The van der Waals surface area contributed by atoms with E-state index in [0.29, 0.717) is 0 Å². The van der Waals surface area contributed by atoms with E-state index in [0.717, 1.165) is 0 Å². The Kier molecular flexibility index (Phi) is 3.53. The predicted molar refractivity (Wildman–Crippen MR) is 68.4 cm³/mol. The number of aromatic nitrogens is 3. The van der Waals surface area contributed by atoms with Crippen LogP contribution in [-0.2, 0) is 9.84 Å². The highest BCUT2D eigenvalue weighted by molar-refractivity contribution is 7.91. The Bertz CT molecular complexity index is 737. The van der Waals surface area contributed by atoms with E-state index in [-0.39, 0.29) is 21.3 Å². The van der Waals surface area contributed by atoms with Crippen molar-refractivity contribution >= 4 is 9.84 Å². The summed E-state index contributed by atoms with van der Waals surface area (Å²) >= 11 is 0. The Labute approximate surface area is 115 Å². The minimum Gasteiger partial charge on any atom is -0.339 e. The van der Waals surface area contributed by atoms with Gasteiger partial charge in [-0.05, 0) is 17.2 Å². The molecule has 0 saturated carbocycles. The molecule has 0 aliphatic heterocycles. The summed E-state index contributed by atoms with van der Waals surface area (Å²) in [5.74, 6) is -0.308. The van der Waals surface area contributed by atoms with Crippen molar-refractivity contribution in [2.45, 2.75) is 29.7 Å². The van der Waals surface area contributed by atoms with Gasteiger partial charge in [0.15, 0.2) is 5.21 Å². The second-order valence-corrected chi connectivity index (χ2v) is 6.24. The number of nitrogens with zero attached hydrogens (tertiary/aromatic N) is 4. The molecule has 20 heavy (non-hydrogen) atoms. The molecule has 1 aromatic heterocycles. The third-order valence-corrected chi connectivity index (χ3v) is 4.42. The molecule has 2 rings (SSSR count). The van der Waals surface area contributed by atoms with Crippen molar-refractivity contribution < 1.29 is 13.5 Å². The van der Waals surface area contributed by atoms with Crippen molar-refractivity contribution in [2.75, 3.05) is 0 Å². The second kappa shape index (κ2) is 5.00. The number of hydrogen-bond donors (Lipinski definition) is 0. The minimum atomic E-state index is -4.05. The van der Waals surface area contributed by atoms with Gasteiger partial charge in [-0.2, -0.15) is 0 Å². The molecule has 2 aromatic rings. The van der Waals surface area contributed by atoms with Crippen LogP contribution in [0.1, 0.15) is 25.5 Å². The van der Waals surface area contributed by atoms with Gasteiger partial charge in [-0.3, -0.25) is 0 Å². The molecule has 8 nitrogen and oxygen atoms in total. The zero-order chi connectivity index (χ0) is 14.9. The van der Waals surface area contributed by atoms with Gasteiger partial charge in [0.25, 0.3) is 5.03 Å². The van der Waals surface area contributed by atoms with Gasteiger partial charge in [-0.15, -0.1) is 0 Å². The number of sulfone groups is 1. The maximum atomic E-state index is 12.5. The fourth-order valence-electron chi connectivity index (χ4n) is 1.70. The summed E-state index contributed by atoms with van der Waals surface area (Å²) in [7, 11) is -4.05. The topological polar surface area (TPSA) is 108 Å². The Morgan fingerprint density at radius 1 is 1.25 bits per heavy atom. The van der Waals surface area contributed by atoms with E-state index in [1.54, 1.807) is 32.0 Å². The van der Waals surface area contributed by atoms with Gasteiger partial charge in [0.1, 0.15) is 5.69 Å². The first-order valence-corrected chi connectivity index (χ1v) is 7.24. The molecule has 0 amide bonds. The van der Waals surface area contributed by atoms with E-state index >= 15 is 0 Å². The Morgan fingerprint density at radius 3 is 2.35 bits per heavy atom. The minimum absolute atomic E-state index is 0.0349. The monoisotopic (exact) mass is 296 g/mol. The fourth-order valence-corrected chi connectivity index (χ4v) is 3.31. The first kappa shape index (κ1) is 14.1. The number of hydrogen-bond acceptors (Lipinski definition) is 6. The molecule has 9 heteroatoms. The molecule has 106 valence electrons. The largest absolute Gasteiger partial charge is 0.339 e. The molecule has 0 fully saturated rings. The lowest BCUT2D eigenvalue weighted by Gasteiger charge is -2.06. The molecule has 0 unspecified atom stereocenters. The Balaban J connectivity index is 2.74. The van der Waals surface area contributed by atoms with Crippen molar-refractivity contribution in [3.8, 4) is 0 Å². The molecule has 0 atom stereocenters. The van der Waals surface area contributed by atoms with Gasteiger partial charge in [0.2, 0.25) is 9.84 Å². The summed E-state index contributed by atoms with van der Waals surface area (Å²) in [6, 6.07) is 7.49. The van der Waals surface area contributed by atoms with Crippen LogP contribution >= 0.6 is 0 Å². The SMILES string of the molecule is CC(C)c1nnn([N+](=O)[O-])c1S(=O)(=O)c1ccccc1. The third-order valence-electron chi connectivity index (χ3n) is 2.65. The molecule has 0 aliphatic carbocycles. The average molecular weight is 296 g/mol. The third kappa shape index (κ3) is 2.27. The highest BCUT2D eigenvalue weighted by Gasteiger charge is 2.35. The summed E-state index contributed by atoms with van der Waals surface area (Å²) in [4.78, 5) is 11.1. The highest BCUT2D eigenvalue weighted by Crippen LogP contribution is 2.26. The van der Waals surface area contributed by atoms with Crippen molar-refractivity contribution in [3.63, 3.8) is 0 Å². The van der Waals surface area contributed by atoms with Crippen molar-refractivity contribution in [1.29, 1.82) is 0 Å². The van der Waals surface area contributed by atoms with Crippen LogP contribution in [0.2, 0.25) is 0 Å². The van der Waals surface area contributed by atoms with Gasteiger partial charge >= 0.3 is 0 Å². The van der Waals surface area contributed by atoms with E-state index in [1.165, 1.54) is 12.1 Å². The summed E-state index contributed by atoms with van der Waals surface area (Å²) in [6.45, 7) is 3.39. The Hall–Kier alpha value is -2.29. The molecule has 0 N–H and O–H groups in total. The molecular weight excluding hydrogens is 284 g/mol. The van der Waals surface area contributed by atoms with Crippen LogP contribution in [0.25, 0.3) is 0 Å². The van der Waals surface area contributed by atoms with Gasteiger partial charge in [0.05, 0.1) is 14.7 Å². The van der Waals surface area contributed by atoms with Gasteiger partial charge in [0, 0.05) is 5.92 Å². The predicted octanol–water partition coefficient (Wildman–Crippen LogP) is 1.27. The average Bonchev–Trinajstić information content (AvgIpc) is 2.85. The molecule has 0 aliphatic rings. The first-order valence-electron chi connectivity index (χ1n) is 5.76. The second-order valence-electron chi connectivity index (χ2n) is 4.38. The van der Waals surface area contributed by atoms with Crippen LogP contribution in [0.4, 0.5) is 0 Å². The summed E-state index contributed by atoms with van der Waals surface area (Å²) < 4.78 is 25.1. The first-order chi connectivity index (χ1) is 9.35. The standard InChI is InChI=1S/C11H12N4O4S/c1-8(2)10-11(14(13-12-10)15(16)17)20(18,19)9-6-4-3-5-7-9/h3-8H,1-2H3. The van der Waals surface area contributed by atoms with Crippen LogP contribution in [-0.4, -0.2) is 28.6 Å². The fraction of sp³-hybridized carbons (Fsp3) is 0.273. The zero-order valence-corrected chi connectivity index (χ0v) is 11.6. The summed E-state index contributed by atoms with van der Waals surface area (Å²) in [5, 5.41) is 16.5. The smallest absolute Gasteiger partial charge is 0.256 e. The van der Waals surface area contributed by atoms with E-state index in [4.69, 9.17) is 0 Å². The van der Waals surface area contributed by atoms with E-state index in [2.05, 4.69) is 10.3 Å². The van der Waals surface area contributed by atoms with Crippen molar-refractivity contribution in [1.82, 2.24) is 15.1 Å². The van der Waals surface area contributed by atoms with E-state index in [9.17, 15) is 18.5 Å². The van der Waals surface area contributed by atoms with Crippen molar-refractivity contribution in [2.24, 2.45) is 0 Å². The lowest BCUT2D eigenvalue weighted by atomic mass is 10.2. The maximum absolute atomic E-state index is 12.5. The maximum Gasteiger partial charge on any atom is 0.256 e. The summed E-state index contributed by atoms with van der Waals surface area (Å²) in [6.07, 6.45) is 0. The van der Waals surface area contributed by atoms with Crippen LogP contribution in [0.5, 0.6) is 0 Å². The lowest BCUT2D eigenvalue weighted by Crippen LogP contribution is -2.19. The van der Waals surface area contributed by atoms with Crippen LogP contribution in [0.3, 0.4) is 0 Å². The molecule has 1 heterocycles. The lowest BCUT2D eigenvalue weighted by molar-refractivity contribution is -0.560. The van der Waals surface area contributed by atoms with Crippen molar-refractivity contribution in [3.05, 3.63) is 46.1 Å². The summed E-state index contributed by atoms with van der Waals surface area (Å²) in [5.41, 5.74) is 0.0746. The van der Waals surface area contributed by atoms with Crippen LogP contribution in [0.15, 0.2) is 40.3 Å².